The van der Waals surface area contributed by atoms with E-state index in [4.69, 9.17) is 0 Å². The van der Waals surface area contributed by atoms with Gasteiger partial charge in [0, 0.05) is 21.6 Å². The molecular weight excluding hydrogens is 346 g/mol. The van der Waals surface area contributed by atoms with Gasteiger partial charge in [-0.3, -0.25) is 0 Å². The van der Waals surface area contributed by atoms with Crippen LogP contribution in [-0.2, 0) is 22.8 Å². The monoisotopic (exact) mass is 365 g/mol. The van der Waals surface area contributed by atoms with Crippen molar-refractivity contribution in [2.45, 2.75) is 38.4 Å². The van der Waals surface area contributed by atoms with E-state index >= 15 is 0 Å². The number of anilines is 1. The zero-order valence-corrected chi connectivity index (χ0v) is 15.4. The van der Waals surface area contributed by atoms with E-state index in [1.165, 1.54) is 4.88 Å². The van der Waals surface area contributed by atoms with Crippen molar-refractivity contribution in [3.05, 3.63) is 33.6 Å². The van der Waals surface area contributed by atoms with Gasteiger partial charge in [0.05, 0.1) is 12.7 Å². The smallest absolute Gasteiger partial charge is 0.252 e. The van der Waals surface area contributed by atoms with Gasteiger partial charge in [0.15, 0.2) is 5.65 Å². The lowest BCUT2D eigenvalue weighted by Crippen LogP contribution is -2.13. The first-order valence-electron chi connectivity index (χ1n) is 7.62. The molecule has 0 saturated carbocycles. The summed E-state index contributed by atoms with van der Waals surface area (Å²) >= 11 is 1.68. The average Bonchev–Trinajstić information content (AvgIpc) is 3.11. The van der Waals surface area contributed by atoms with Crippen molar-refractivity contribution < 1.29 is 8.42 Å². The second-order valence-corrected chi connectivity index (χ2v) is 8.91. The van der Waals surface area contributed by atoms with Crippen LogP contribution in [0.5, 0.6) is 0 Å². The van der Waals surface area contributed by atoms with Crippen LogP contribution in [0.3, 0.4) is 0 Å². The summed E-state index contributed by atoms with van der Waals surface area (Å²) < 4.78 is 25.4. The standard InChI is InChI=1S/C15H19N5O2S2/c1-4-5-11-8-17-20-13(11)18-15(24(3,21)22)19-14(20)16-9-12-7-6-10(2)23-12/h6-8H,4-5,9H2,1-3H3,(H,16,18,19). The van der Waals surface area contributed by atoms with Gasteiger partial charge >= 0.3 is 0 Å². The van der Waals surface area contributed by atoms with Gasteiger partial charge in [-0.05, 0) is 25.5 Å². The number of hydrogen-bond acceptors (Lipinski definition) is 7. The summed E-state index contributed by atoms with van der Waals surface area (Å²) in [5.41, 5.74) is 1.46. The third-order valence-corrected chi connectivity index (χ3v) is 5.33. The van der Waals surface area contributed by atoms with Crippen LogP contribution in [0.4, 0.5) is 5.95 Å². The lowest BCUT2D eigenvalue weighted by molar-refractivity contribution is 0.592. The zero-order valence-electron chi connectivity index (χ0n) is 13.8. The third-order valence-electron chi connectivity index (χ3n) is 3.49. The van der Waals surface area contributed by atoms with Gasteiger partial charge in [0.2, 0.25) is 15.8 Å². The molecule has 3 rings (SSSR count). The fraction of sp³-hybridized carbons (Fsp3) is 0.400. The molecule has 0 spiro atoms. The summed E-state index contributed by atoms with van der Waals surface area (Å²) in [5.74, 6) is 0.383. The normalized spacial score (nSPS) is 12.0. The van der Waals surface area contributed by atoms with Crippen LogP contribution in [0.25, 0.3) is 5.65 Å². The Hall–Kier alpha value is -2.00. The molecule has 0 bridgehead atoms. The number of sulfone groups is 1. The minimum Gasteiger partial charge on any atom is -0.349 e. The molecular formula is C15H19N5O2S2. The number of thiophene rings is 1. The molecule has 24 heavy (non-hydrogen) atoms. The molecule has 0 unspecified atom stereocenters. The molecule has 3 aromatic heterocycles. The Kier molecular flexibility index (Phi) is 4.55. The Balaban J connectivity index is 2.04. The minimum atomic E-state index is -3.51. The van der Waals surface area contributed by atoms with Gasteiger partial charge < -0.3 is 5.32 Å². The molecule has 0 atom stereocenters. The van der Waals surface area contributed by atoms with Crippen molar-refractivity contribution in [3.8, 4) is 0 Å². The van der Waals surface area contributed by atoms with Gasteiger partial charge in [-0.15, -0.1) is 11.3 Å². The largest absolute Gasteiger partial charge is 0.349 e. The predicted octanol–water partition coefficient (Wildman–Crippen LogP) is 2.46. The summed E-state index contributed by atoms with van der Waals surface area (Å²) in [5, 5.41) is 7.31. The van der Waals surface area contributed by atoms with Crippen LogP contribution >= 0.6 is 11.3 Å². The molecule has 3 aromatic rings. The second-order valence-electron chi connectivity index (χ2n) is 5.62. The Morgan fingerprint density at radius 1 is 1.29 bits per heavy atom. The molecule has 3 heterocycles. The predicted molar refractivity (Wildman–Crippen MR) is 94.3 cm³/mol. The van der Waals surface area contributed by atoms with Gasteiger partial charge in [-0.1, -0.05) is 13.3 Å². The fourth-order valence-electron chi connectivity index (χ4n) is 2.38. The van der Waals surface area contributed by atoms with E-state index in [1.54, 1.807) is 22.0 Å². The first kappa shape index (κ1) is 16.8. The number of nitrogens with zero attached hydrogens (tertiary/aromatic N) is 4. The molecule has 0 aromatic carbocycles. The highest BCUT2D eigenvalue weighted by molar-refractivity contribution is 7.90. The summed E-state index contributed by atoms with van der Waals surface area (Å²) in [7, 11) is -3.51. The topological polar surface area (TPSA) is 89.2 Å². The first-order chi connectivity index (χ1) is 11.4. The molecule has 9 heteroatoms. The molecule has 0 amide bonds. The van der Waals surface area contributed by atoms with Crippen LogP contribution in [0.1, 0.15) is 28.7 Å². The van der Waals surface area contributed by atoms with Crippen LogP contribution in [-0.4, -0.2) is 34.3 Å². The maximum absolute atomic E-state index is 11.9. The number of fused-ring (bicyclic) bond motifs is 1. The van der Waals surface area contributed by atoms with Crippen molar-refractivity contribution in [2.75, 3.05) is 11.6 Å². The van der Waals surface area contributed by atoms with Gasteiger partial charge in [-0.2, -0.15) is 19.6 Å². The highest BCUT2D eigenvalue weighted by atomic mass is 32.2. The first-order valence-corrected chi connectivity index (χ1v) is 10.3. The molecule has 0 saturated heterocycles. The van der Waals surface area contributed by atoms with E-state index in [2.05, 4.69) is 27.3 Å². The van der Waals surface area contributed by atoms with Crippen LogP contribution in [0.15, 0.2) is 23.5 Å². The van der Waals surface area contributed by atoms with E-state index in [9.17, 15) is 8.42 Å². The lowest BCUT2D eigenvalue weighted by Gasteiger charge is -2.08. The number of nitrogens with one attached hydrogen (secondary N) is 1. The number of rotatable bonds is 6. The molecule has 0 aliphatic heterocycles. The average molecular weight is 365 g/mol. The van der Waals surface area contributed by atoms with Crippen molar-refractivity contribution in [2.24, 2.45) is 0 Å². The molecule has 0 aliphatic carbocycles. The Morgan fingerprint density at radius 3 is 2.71 bits per heavy atom. The molecule has 0 fully saturated rings. The summed E-state index contributed by atoms with van der Waals surface area (Å²) in [6.07, 6.45) is 4.55. The van der Waals surface area contributed by atoms with Crippen molar-refractivity contribution >= 4 is 32.8 Å². The third kappa shape index (κ3) is 3.41. The zero-order chi connectivity index (χ0) is 17.3. The van der Waals surface area contributed by atoms with E-state index in [-0.39, 0.29) is 5.16 Å². The SMILES string of the molecule is CCCc1cnn2c(NCc3ccc(C)s3)nc(S(C)(=O)=O)nc12. The Labute approximate surface area is 144 Å². The van der Waals surface area contributed by atoms with Crippen LogP contribution < -0.4 is 5.32 Å². The molecule has 0 aliphatic rings. The second kappa shape index (κ2) is 6.48. The fourth-order valence-corrected chi connectivity index (χ4v) is 3.71. The number of aryl methyl sites for hydroxylation is 2. The highest BCUT2D eigenvalue weighted by Crippen LogP contribution is 2.19. The number of aromatic nitrogens is 4. The summed E-state index contributed by atoms with van der Waals surface area (Å²) in [4.78, 5) is 10.7. The molecule has 128 valence electrons. The van der Waals surface area contributed by atoms with Crippen molar-refractivity contribution in [1.29, 1.82) is 0 Å². The van der Waals surface area contributed by atoms with Crippen LogP contribution in [0.2, 0.25) is 0 Å². The van der Waals surface area contributed by atoms with Crippen LogP contribution in [0, 0.1) is 6.92 Å². The minimum absolute atomic E-state index is 0.183. The highest BCUT2D eigenvalue weighted by Gasteiger charge is 2.18. The summed E-state index contributed by atoms with van der Waals surface area (Å²) in [6, 6.07) is 4.08. The maximum Gasteiger partial charge on any atom is 0.252 e. The lowest BCUT2D eigenvalue weighted by atomic mass is 10.2. The van der Waals surface area contributed by atoms with E-state index in [0.717, 1.165) is 29.5 Å². The summed E-state index contributed by atoms with van der Waals surface area (Å²) in [6.45, 7) is 4.65. The van der Waals surface area contributed by atoms with E-state index in [0.29, 0.717) is 18.1 Å². The Morgan fingerprint density at radius 2 is 2.08 bits per heavy atom. The molecule has 0 radical (unpaired) electrons. The van der Waals surface area contributed by atoms with Gasteiger partial charge in [0.25, 0.3) is 5.16 Å². The van der Waals surface area contributed by atoms with E-state index in [1.807, 2.05) is 19.1 Å². The number of hydrogen-bond donors (Lipinski definition) is 1. The Bertz CT molecular complexity index is 975. The van der Waals surface area contributed by atoms with Crippen molar-refractivity contribution in [3.63, 3.8) is 0 Å². The maximum atomic E-state index is 11.9. The van der Waals surface area contributed by atoms with Gasteiger partial charge in [-0.25, -0.2) is 8.42 Å². The quantitative estimate of drug-likeness (QED) is 0.722. The van der Waals surface area contributed by atoms with Gasteiger partial charge in [0.1, 0.15) is 0 Å². The molecule has 1 N–H and O–H groups in total. The molecule has 7 nitrogen and oxygen atoms in total. The van der Waals surface area contributed by atoms with Crippen molar-refractivity contribution in [1.82, 2.24) is 19.6 Å². The van der Waals surface area contributed by atoms with E-state index < -0.39 is 9.84 Å².